The van der Waals surface area contributed by atoms with Crippen LogP contribution in [0.4, 0.5) is 16.2 Å². The molecule has 0 saturated heterocycles. The van der Waals surface area contributed by atoms with Crippen molar-refractivity contribution in [2.24, 2.45) is 11.1 Å². The predicted molar refractivity (Wildman–Crippen MR) is 83.9 cm³/mol. The van der Waals surface area contributed by atoms with Crippen molar-refractivity contribution >= 4 is 17.4 Å². The molecule has 0 spiro atoms. The van der Waals surface area contributed by atoms with Crippen LogP contribution in [0, 0.1) is 5.41 Å². The van der Waals surface area contributed by atoms with Gasteiger partial charge in [0.2, 0.25) is 0 Å². The molecular weight excluding hydrogens is 250 g/mol. The van der Waals surface area contributed by atoms with Gasteiger partial charge in [-0.1, -0.05) is 20.3 Å². The molecule has 1 fully saturated rings. The van der Waals surface area contributed by atoms with E-state index in [1.54, 1.807) is 0 Å². The van der Waals surface area contributed by atoms with Crippen LogP contribution in [0.5, 0.6) is 0 Å². The van der Waals surface area contributed by atoms with E-state index >= 15 is 0 Å². The summed E-state index contributed by atoms with van der Waals surface area (Å²) >= 11 is 0. The first-order valence-electron chi connectivity index (χ1n) is 7.38. The van der Waals surface area contributed by atoms with E-state index in [0.717, 1.165) is 11.4 Å². The summed E-state index contributed by atoms with van der Waals surface area (Å²) < 4.78 is 0. The highest BCUT2D eigenvalue weighted by atomic mass is 16.2. The second-order valence-electron chi connectivity index (χ2n) is 6.50. The second-order valence-corrected chi connectivity index (χ2v) is 6.50. The first-order chi connectivity index (χ1) is 9.44. The molecule has 4 N–H and O–H groups in total. The Kier molecular flexibility index (Phi) is 4.53. The van der Waals surface area contributed by atoms with E-state index in [4.69, 9.17) is 5.73 Å². The average molecular weight is 275 g/mol. The first-order valence-corrected chi connectivity index (χ1v) is 7.38. The lowest BCUT2D eigenvalue weighted by Gasteiger charge is -2.22. The van der Waals surface area contributed by atoms with Gasteiger partial charge in [-0.3, -0.25) is 0 Å². The maximum atomic E-state index is 10.8. The molecule has 4 nitrogen and oxygen atoms in total. The van der Waals surface area contributed by atoms with Gasteiger partial charge in [-0.2, -0.15) is 0 Å². The van der Waals surface area contributed by atoms with Gasteiger partial charge in [-0.15, -0.1) is 0 Å². The molecule has 1 saturated carbocycles. The van der Waals surface area contributed by atoms with Gasteiger partial charge in [0.25, 0.3) is 0 Å². The van der Waals surface area contributed by atoms with Crippen molar-refractivity contribution in [2.45, 2.75) is 52.0 Å². The van der Waals surface area contributed by atoms with E-state index in [1.807, 2.05) is 24.3 Å². The van der Waals surface area contributed by atoms with E-state index < -0.39 is 6.03 Å². The summed E-state index contributed by atoms with van der Waals surface area (Å²) in [7, 11) is 0. The van der Waals surface area contributed by atoms with Gasteiger partial charge in [0.05, 0.1) is 0 Å². The predicted octanol–water partition coefficient (Wildman–Crippen LogP) is 3.95. The van der Waals surface area contributed by atoms with Crippen molar-refractivity contribution in [1.29, 1.82) is 0 Å². The Morgan fingerprint density at radius 1 is 1.15 bits per heavy atom. The van der Waals surface area contributed by atoms with Gasteiger partial charge < -0.3 is 16.4 Å². The minimum absolute atomic E-state index is 0.478. The lowest BCUT2D eigenvalue weighted by molar-refractivity contribution is 0.259. The number of hydrogen-bond acceptors (Lipinski definition) is 2. The summed E-state index contributed by atoms with van der Waals surface area (Å²) in [6.07, 6.45) is 6.31. The molecule has 0 bridgehead atoms. The fourth-order valence-corrected chi connectivity index (χ4v) is 2.83. The molecule has 1 aliphatic rings. The van der Waals surface area contributed by atoms with Gasteiger partial charge in [-0.05, 0) is 55.4 Å². The molecule has 1 aromatic rings. The minimum atomic E-state index is -0.531. The highest BCUT2D eigenvalue weighted by molar-refractivity contribution is 5.87. The van der Waals surface area contributed by atoms with E-state index in [1.165, 1.54) is 32.1 Å². The molecule has 0 radical (unpaired) electrons. The molecule has 1 aromatic carbocycles. The molecule has 2 amide bonds. The van der Waals surface area contributed by atoms with Crippen LogP contribution in [-0.2, 0) is 0 Å². The summed E-state index contributed by atoms with van der Waals surface area (Å²) in [5.74, 6) is 0. The molecule has 2 rings (SSSR count). The second kappa shape index (κ2) is 6.16. The minimum Gasteiger partial charge on any atom is -0.382 e. The van der Waals surface area contributed by atoms with Crippen molar-refractivity contribution < 1.29 is 4.79 Å². The van der Waals surface area contributed by atoms with Crippen LogP contribution in [0.15, 0.2) is 24.3 Å². The van der Waals surface area contributed by atoms with Crippen LogP contribution in [-0.4, -0.2) is 12.1 Å². The number of nitrogens with two attached hydrogens (primary N) is 1. The molecule has 1 aliphatic carbocycles. The Hall–Kier alpha value is -1.71. The topological polar surface area (TPSA) is 67.2 Å². The number of primary amides is 1. The lowest BCUT2D eigenvalue weighted by atomic mass is 9.85. The highest BCUT2D eigenvalue weighted by Crippen LogP contribution is 2.34. The van der Waals surface area contributed by atoms with Crippen molar-refractivity contribution in [2.75, 3.05) is 10.6 Å². The van der Waals surface area contributed by atoms with Gasteiger partial charge >= 0.3 is 6.03 Å². The maximum Gasteiger partial charge on any atom is 0.316 e. The Bertz CT molecular complexity index is 453. The first kappa shape index (κ1) is 14.7. The molecule has 1 unspecified atom stereocenters. The van der Waals surface area contributed by atoms with E-state index in [-0.39, 0.29) is 0 Å². The maximum absolute atomic E-state index is 10.8. The summed E-state index contributed by atoms with van der Waals surface area (Å²) in [6.45, 7) is 4.72. The fourth-order valence-electron chi connectivity index (χ4n) is 2.83. The van der Waals surface area contributed by atoms with Gasteiger partial charge in [0, 0.05) is 17.4 Å². The van der Waals surface area contributed by atoms with Crippen molar-refractivity contribution in [3.05, 3.63) is 24.3 Å². The third-order valence-corrected chi connectivity index (χ3v) is 4.10. The average Bonchev–Trinajstić information content (AvgIpc) is 2.53. The summed E-state index contributed by atoms with van der Waals surface area (Å²) in [5, 5.41) is 6.16. The zero-order valence-corrected chi connectivity index (χ0v) is 12.4. The van der Waals surface area contributed by atoms with Crippen LogP contribution >= 0.6 is 0 Å². The summed E-state index contributed by atoms with van der Waals surface area (Å²) in [6, 6.07) is 7.73. The third kappa shape index (κ3) is 4.44. The molecule has 0 aliphatic heterocycles. The number of hydrogen-bond donors (Lipinski definition) is 3. The molecule has 0 aromatic heterocycles. The smallest absolute Gasteiger partial charge is 0.316 e. The Labute approximate surface area is 121 Å². The molecule has 110 valence electrons. The van der Waals surface area contributed by atoms with Gasteiger partial charge in [0.15, 0.2) is 0 Å². The normalized spacial score (nSPS) is 21.8. The summed E-state index contributed by atoms with van der Waals surface area (Å²) in [4.78, 5) is 10.8. The van der Waals surface area contributed by atoms with Crippen LogP contribution in [0.25, 0.3) is 0 Å². The van der Waals surface area contributed by atoms with Crippen LogP contribution in [0.2, 0.25) is 0 Å². The number of carbonyl (C=O) groups excluding carboxylic acids is 1. The monoisotopic (exact) mass is 275 g/mol. The van der Waals surface area contributed by atoms with Crippen LogP contribution in [0.3, 0.4) is 0 Å². The highest BCUT2D eigenvalue weighted by Gasteiger charge is 2.24. The molecular formula is C16H25N3O. The fraction of sp³-hybridized carbons (Fsp3) is 0.562. The number of amides is 2. The van der Waals surface area contributed by atoms with Gasteiger partial charge in [-0.25, -0.2) is 4.79 Å². The van der Waals surface area contributed by atoms with E-state index in [2.05, 4.69) is 24.5 Å². The number of urea groups is 1. The Morgan fingerprint density at radius 3 is 2.45 bits per heavy atom. The number of nitrogens with one attached hydrogen (secondary N) is 2. The molecule has 4 heteroatoms. The Balaban J connectivity index is 1.91. The number of anilines is 2. The van der Waals surface area contributed by atoms with Crippen molar-refractivity contribution in [3.63, 3.8) is 0 Å². The zero-order chi connectivity index (χ0) is 14.6. The van der Waals surface area contributed by atoms with Crippen LogP contribution in [0.1, 0.15) is 46.0 Å². The Morgan fingerprint density at radius 2 is 1.80 bits per heavy atom. The standard InChI is InChI=1S/C16H25N3O/c1-16(2)10-3-4-12(9-11-16)18-13-5-7-14(8-6-13)19-15(17)20/h5-8,12,18H,3-4,9-11H2,1-2H3,(H3,17,19,20). The van der Waals surface area contributed by atoms with E-state index in [9.17, 15) is 4.79 Å². The molecule has 1 atom stereocenters. The quantitative estimate of drug-likeness (QED) is 0.731. The van der Waals surface area contributed by atoms with Crippen molar-refractivity contribution in [1.82, 2.24) is 0 Å². The zero-order valence-electron chi connectivity index (χ0n) is 12.4. The lowest BCUT2D eigenvalue weighted by Crippen LogP contribution is -2.20. The third-order valence-electron chi connectivity index (χ3n) is 4.10. The van der Waals surface area contributed by atoms with Gasteiger partial charge in [0.1, 0.15) is 0 Å². The van der Waals surface area contributed by atoms with E-state index in [0.29, 0.717) is 11.5 Å². The summed E-state index contributed by atoms with van der Waals surface area (Å²) in [5.41, 5.74) is 7.40. The largest absolute Gasteiger partial charge is 0.382 e. The number of rotatable bonds is 3. The molecule has 0 heterocycles. The SMILES string of the molecule is CC1(C)CCCC(Nc2ccc(NC(N)=O)cc2)CC1. The van der Waals surface area contributed by atoms with Crippen molar-refractivity contribution in [3.8, 4) is 0 Å². The number of carbonyl (C=O) groups is 1. The van der Waals surface area contributed by atoms with Crippen LogP contribution < -0.4 is 16.4 Å². The number of benzene rings is 1. The molecule has 20 heavy (non-hydrogen) atoms.